The monoisotopic (exact) mass is 681 g/mol. The third-order valence-electron chi connectivity index (χ3n) is 9.83. The summed E-state index contributed by atoms with van der Waals surface area (Å²) in [6.45, 7) is 10.5. The van der Waals surface area contributed by atoms with Crippen LogP contribution in [0.5, 0.6) is 5.75 Å². The van der Waals surface area contributed by atoms with Crippen LogP contribution in [-0.2, 0) is 5.41 Å². The minimum Gasteiger partial charge on any atom is -0.484 e. The fourth-order valence-corrected chi connectivity index (χ4v) is 7.03. The van der Waals surface area contributed by atoms with Gasteiger partial charge in [0, 0.05) is 36.3 Å². The highest BCUT2D eigenvalue weighted by Gasteiger charge is 2.30. The Bertz CT molecular complexity index is 2190. The molecule has 1 fully saturated rings. The van der Waals surface area contributed by atoms with Crippen LogP contribution in [0.4, 0.5) is 16.4 Å². The molecule has 2 aromatic carbocycles. The number of carbonyl (C=O) groups excluding carboxylic acids is 1. The molecule has 8 rings (SSSR count). The summed E-state index contributed by atoms with van der Waals surface area (Å²) < 4.78 is 10.5. The van der Waals surface area contributed by atoms with E-state index < -0.39 is 0 Å². The summed E-state index contributed by atoms with van der Waals surface area (Å²) in [4.78, 5) is 20.5. The number of urea groups is 1. The van der Waals surface area contributed by atoms with Crippen LogP contribution in [-0.4, -0.2) is 48.5 Å². The number of hydrogen-bond acceptors (Lipinski definition) is 7. The average molecular weight is 682 g/mol. The molecule has 5 heterocycles. The van der Waals surface area contributed by atoms with E-state index in [9.17, 15) is 4.79 Å². The molecule has 2 amide bonds. The molecule has 2 aliphatic rings. The number of anilines is 2. The summed E-state index contributed by atoms with van der Waals surface area (Å²) in [6, 6.07) is 25.8. The summed E-state index contributed by atoms with van der Waals surface area (Å²) in [5, 5.41) is 20.2. The zero-order valence-electron chi connectivity index (χ0n) is 29.5. The van der Waals surface area contributed by atoms with Crippen molar-refractivity contribution >= 4 is 23.3 Å². The maximum Gasteiger partial charge on any atom is 0.320 e. The van der Waals surface area contributed by atoms with E-state index in [2.05, 4.69) is 76.6 Å². The quantitative estimate of drug-likeness (QED) is 0.176. The van der Waals surface area contributed by atoms with Crippen molar-refractivity contribution in [2.75, 3.05) is 23.3 Å². The molecule has 0 radical (unpaired) electrons. The van der Waals surface area contributed by atoms with Gasteiger partial charge in [0.1, 0.15) is 23.5 Å². The highest BCUT2D eigenvalue weighted by Crippen LogP contribution is 2.39. The highest BCUT2D eigenvalue weighted by molar-refractivity contribution is 5.89. The van der Waals surface area contributed by atoms with Crippen molar-refractivity contribution in [3.63, 3.8) is 0 Å². The number of nitrogens with zero attached hydrogens (tertiary/aromatic N) is 7. The first-order chi connectivity index (χ1) is 24.7. The highest BCUT2D eigenvalue weighted by atomic mass is 16.5. The zero-order chi connectivity index (χ0) is 35.1. The van der Waals surface area contributed by atoms with Crippen molar-refractivity contribution in [1.82, 2.24) is 34.7 Å². The van der Waals surface area contributed by atoms with Crippen molar-refractivity contribution < 1.29 is 9.53 Å². The molecule has 1 unspecified atom stereocenters. The summed E-state index contributed by atoms with van der Waals surface area (Å²) in [6.07, 6.45) is 7.45. The largest absolute Gasteiger partial charge is 0.484 e. The standard InChI is InChI=1S/C40H43N9O2/c1-26-11-13-28(14-12-26)49-37(24-34(46-49)40(2,3)4)43-39(50)42-32-16-17-33(31-10-6-5-9-30(31)32)51-29-15-18-35-44-45-38(48(35)25-29)27-19-20-41-36(23-27)47-21-7-8-22-47/h5-6,9-15,18-20,23-25,32-33H,7-8,16-17,21-22H2,1-4H3,(H2,42,43,50)/t32?,33-/m1/s1. The number of aromatic nitrogens is 6. The molecule has 0 spiro atoms. The van der Waals surface area contributed by atoms with Gasteiger partial charge in [-0.25, -0.2) is 14.5 Å². The molecular weight excluding hydrogens is 639 g/mol. The average Bonchev–Trinajstić information content (AvgIpc) is 3.91. The first-order valence-corrected chi connectivity index (χ1v) is 17.8. The van der Waals surface area contributed by atoms with E-state index in [4.69, 9.17) is 9.84 Å². The lowest BCUT2D eigenvalue weighted by molar-refractivity contribution is 0.171. The Labute approximate surface area is 297 Å². The third-order valence-corrected chi connectivity index (χ3v) is 9.83. The predicted molar refractivity (Wildman–Crippen MR) is 199 cm³/mol. The molecule has 0 saturated carbocycles. The lowest BCUT2D eigenvalue weighted by atomic mass is 9.85. The van der Waals surface area contributed by atoms with Crippen LogP contribution in [0, 0.1) is 6.92 Å². The number of pyridine rings is 2. The van der Waals surface area contributed by atoms with E-state index >= 15 is 0 Å². The molecule has 2 atom stereocenters. The van der Waals surface area contributed by atoms with Gasteiger partial charge in [-0.2, -0.15) is 5.10 Å². The lowest BCUT2D eigenvalue weighted by Gasteiger charge is -2.32. The van der Waals surface area contributed by atoms with Gasteiger partial charge in [0.15, 0.2) is 11.5 Å². The van der Waals surface area contributed by atoms with Crippen LogP contribution in [0.3, 0.4) is 0 Å². The number of aryl methyl sites for hydroxylation is 1. The van der Waals surface area contributed by atoms with Crippen LogP contribution >= 0.6 is 0 Å². The number of benzene rings is 2. The Balaban J connectivity index is 1.00. The SMILES string of the molecule is Cc1ccc(-n2nc(C(C)(C)C)cc2NC(=O)NC2CC[C@@H](Oc3ccc4nnc(-c5ccnc(N6CCCC6)c5)n4c3)c3ccccc32)cc1. The van der Waals surface area contributed by atoms with Crippen molar-refractivity contribution in [3.05, 3.63) is 114 Å². The second-order valence-corrected chi connectivity index (χ2v) is 14.6. The first kappa shape index (κ1) is 32.5. The fourth-order valence-electron chi connectivity index (χ4n) is 7.03. The normalized spacial score (nSPS) is 17.4. The van der Waals surface area contributed by atoms with Crippen molar-refractivity contribution in [3.8, 4) is 22.8 Å². The molecule has 51 heavy (non-hydrogen) atoms. The van der Waals surface area contributed by atoms with Crippen LogP contribution in [0.2, 0.25) is 0 Å². The van der Waals surface area contributed by atoms with Gasteiger partial charge >= 0.3 is 6.03 Å². The molecule has 1 aliphatic heterocycles. The van der Waals surface area contributed by atoms with Crippen LogP contribution < -0.4 is 20.3 Å². The lowest BCUT2D eigenvalue weighted by Crippen LogP contribution is -2.36. The van der Waals surface area contributed by atoms with Crippen molar-refractivity contribution in [2.24, 2.45) is 0 Å². The van der Waals surface area contributed by atoms with E-state index in [1.54, 1.807) is 4.68 Å². The minimum atomic E-state index is -0.280. The third kappa shape index (κ3) is 6.63. The van der Waals surface area contributed by atoms with Crippen molar-refractivity contribution in [2.45, 2.75) is 70.9 Å². The number of rotatable bonds is 7. The van der Waals surface area contributed by atoms with E-state index in [0.29, 0.717) is 5.82 Å². The minimum absolute atomic E-state index is 0.178. The Kier molecular flexibility index (Phi) is 8.41. The molecule has 1 aliphatic carbocycles. The number of nitrogens with one attached hydrogen (secondary N) is 2. The summed E-state index contributed by atoms with van der Waals surface area (Å²) in [7, 11) is 0. The topological polar surface area (TPSA) is 114 Å². The molecule has 6 aromatic rings. The summed E-state index contributed by atoms with van der Waals surface area (Å²) >= 11 is 0. The van der Waals surface area contributed by atoms with Gasteiger partial charge in [0.05, 0.1) is 23.6 Å². The van der Waals surface area contributed by atoms with Gasteiger partial charge in [-0.15, -0.1) is 10.2 Å². The Hall–Kier alpha value is -5.71. The number of fused-ring (bicyclic) bond motifs is 2. The van der Waals surface area contributed by atoms with Crippen molar-refractivity contribution in [1.29, 1.82) is 0 Å². The summed E-state index contributed by atoms with van der Waals surface area (Å²) in [5.74, 6) is 3.06. The molecule has 11 nitrogen and oxygen atoms in total. The fraction of sp³-hybridized carbons (Fsp3) is 0.325. The molecular formula is C40H43N9O2. The van der Waals surface area contributed by atoms with Crippen LogP contribution in [0.1, 0.15) is 81.0 Å². The number of carbonyl (C=O) groups is 1. The smallest absolute Gasteiger partial charge is 0.320 e. The van der Waals surface area contributed by atoms with Gasteiger partial charge in [-0.1, -0.05) is 62.7 Å². The van der Waals surface area contributed by atoms with Gasteiger partial charge in [-0.05, 0) is 80.1 Å². The van der Waals surface area contributed by atoms with Gasteiger partial charge in [0.25, 0.3) is 0 Å². The first-order valence-electron chi connectivity index (χ1n) is 17.8. The molecule has 11 heteroatoms. The maximum absolute atomic E-state index is 13.6. The van der Waals surface area contributed by atoms with E-state index in [-0.39, 0.29) is 23.6 Å². The number of amides is 2. The Morgan fingerprint density at radius 1 is 0.902 bits per heavy atom. The molecule has 4 aromatic heterocycles. The van der Waals surface area contributed by atoms with Crippen LogP contribution in [0.25, 0.3) is 22.7 Å². The van der Waals surface area contributed by atoms with Gasteiger partial charge in [0.2, 0.25) is 0 Å². The van der Waals surface area contributed by atoms with E-state index in [1.165, 1.54) is 12.8 Å². The zero-order valence-corrected chi connectivity index (χ0v) is 29.5. The van der Waals surface area contributed by atoms with E-state index in [1.807, 2.05) is 77.5 Å². The Morgan fingerprint density at radius 3 is 2.47 bits per heavy atom. The van der Waals surface area contributed by atoms with Gasteiger partial charge < -0.3 is 15.0 Å². The van der Waals surface area contributed by atoms with Crippen LogP contribution in [0.15, 0.2) is 91.3 Å². The molecule has 260 valence electrons. The molecule has 0 bridgehead atoms. The van der Waals surface area contributed by atoms with Gasteiger partial charge in [-0.3, -0.25) is 9.72 Å². The maximum atomic E-state index is 13.6. The second-order valence-electron chi connectivity index (χ2n) is 14.6. The molecule has 2 N–H and O–H groups in total. The molecule has 1 saturated heterocycles. The summed E-state index contributed by atoms with van der Waals surface area (Å²) in [5.41, 5.74) is 6.57. The number of hydrogen-bond donors (Lipinski definition) is 2. The predicted octanol–water partition coefficient (Wildman–Crippen LogP) is 7.96. The van der Waals surface area contributed by atoms with E-state index in [0.717, 1.165) is 82.6 Å². The number of ether oxygens (including phenoxy) is 1. The Morgan fingerprint density at radius 2 is 1.69 bits per heavy atom. The second kappa shape index (κ2) is 13.2.